The first-order valence-corrected chi connectivity index (χ1v) is 11.4. The molecule has 0 atom stereocenters. The molecule has 1 aliphatic heterocycles. The van der Waals surface area contributed by atoms with E-state index in [1.165, 1.54) is 32.4 Å². The predicted octanol–water partition coefficient (Wildman–Crippen LogP) is 3.69. The summed E-state index contributed by atoms with van der Waals surface area (Å²) in [4.78, 5) is 14.8. The van der Waals surface area contributed by atoms with Crippen LogP contribution in [0.15, 0.2) is 41.3 Å². The van der Waals surface area contributed by atoms with Crippen LogP contribution >= 0.6 is 0 Å². The molecule has 1 heterocycles. The summed E-state index contributed by atoms with van der Waals surface area (Å²) in [6.07, 6.45) is 1.86. The highest BCUT2D eigenvalue weighted by Crippen LogP contribution is 2.30. The number of hydrogen-bond acceptors (Lipinski definition) is 5. The number of aryl methyl sites for hydroxylation is 1. The van der Waals surface area contributed by atoms with Crippen LogP contribution in [0.5, 0.6) is 11.5 Å². The lowest BCUT2D eigenvalue weighted by atomic mass is 9.98. The minimum atomic E-state index is -3.94. The lowest BCUT2D eigenvalue weighted by Gasteiger charge is -2.30. The maximum Gasteiger partial charge on any atom is 0.262 e. The molecule has 0 bridgehead atoms. The Bertz CT molecular complexity index is 1030. The molecular formula is C22H28N2O5S. The van der Waals surface area contributed by atoms with Crippen LogP contribution in [0, 0.1) is 12.8 Å². The lowest BCUT2D eigenvalue weighted by Crippen LogP contribution is -2.38. The number of sulfonamides is 1. The summed E-state index contributed by atoms with van der Waals surface area (Å²) in [5.74, 6) is 1.13. The number of methoxy groups -OCH3 is 2. The molecule has 1 saturated heterocycles. The van der Waals surface area contributed by atoms with Crippen molar-refractivity contribution >= 4 is 21.6 Å². The molecule has 8 heteroatoms. The SMILES string of the molecule is COc1ccc(C)cc1NS(=O)(=O)c1ccc(OC)c(C(=O)N2CCC(C)CC2)c1. The Morgan fingerprint density at radius 3 is 2.30 bits per heavy atom. The first kappa shape index (κ1) is 22.0. The first-order chi connectivity index (χ1) is 14.2. The van der Waals surface area contributed by atoms with Crippen molar-refractivity contribution in [2.75, 3.05) is 32.0 Å². The summed E-state index contributed by atoms with van der Waals surface area (Å²) in [5, 5.41) is 0. The van der Waals surface area contributed by atoms with Gasteiger partial charge in [-0.15, -0.1) is 0 Å². The fraction of sp³-hybridized carbons (Fsp3) is 0.409. The van der Waals surface area contributed by atoms with Crippen LogP contribution in [-0.2, 0) is 10.0 Å². The highest BCUT2D eigenvalue weighted by molar-refractivity contribution is 7.92. The molecule has 0 spiro atoms. The van der Waals surface area contributed by atoms with Gasteiger partial charge in [0.05, 0.1) is 30.4 Å². The summed E-state index contributed by atoms with van der Waals surface area (Å²) in [7, 11) is -0.995. The minimum absolute atomic E-state index is 0.0133. The second-order valence-electron chi connectivity index (χ2n) is 7.65. The van der Waals surface area contributed by atoms with E-state index in [4.69, 9.17) is 9.47 Å². The van der Waals surface area contributed by atoms with E-state index in [0.29, 0.717) is 36.2 Å². The second kappa shape index (κ2) is 8.95. The van der Waals surface area contributed by atoms with Gasteiger partial charge in [0.1, 0.15) is 11.5 Å². The third-order valence-corrected chi connectivity index (χ3v) is 6.74. The predicted molar refractivity (Wildman–Crippen MR) is 116 cm³/mol. The monoisotopic (exact) mass is 432 g/mol. The zero-order chi connectivity index (χ0) is 21.9. The number of benzene rings is 2. The van der Waals surface area contributed by atoms with Crippen molar-refractivity contribution in [1.29, 1.82) is 0 Å². The van der Waals surface area contributed by atoms with E-state index in [2.05, 4.69) is 11.6 Å². The van der Waals surface area contributed by atoms with Gasteiger partial charge in [0.25, 0.3) is 15.9 Å². The summed E-state index contributed by atoms with van der Waals surface area (Å²) < 4.78 is 39.2. The van der Waals surface area contributed by atoms with Gasteiger partial charge in [0.15, 0.2) is 0 Å². The molecule has 1 amide bonds. The summed E-state index contributed by atoms with van der Waals surface area (Å²) >= 11 is 0. The van der Waals surface area contributed by atoms with Crippen LogP contribution in [0.1, 0.15) is 35.7 Å². The molecule has 1 fully saturated rings. The standard InChI is InChI=1S/C22H28N2O5S/c1-15-9-11-24(12-10-15)22(25)18-14-17(6-8-20(18)28-3)30(26,27)23-19-13-16(2)5-7-21(19)29-4/h5-8,13-15,23H,9-12H2,1-4H3. The maximum absolute atomic E-state index is 13.1. The van der Waals surface area contributed by atoms with Crippen LogP contribution in [0.2, 0.25) is 0 Å². The van der Waals surface area contributed by atoms with Crippen molar-refractivity contribution in [2.45, 2.75) is 31.6 Å². The van der Waals surface area contributed by atoms with Crippen molar-refractivity contribution in [3.63, 3.8) is 0 Å². The van der Waals surface area contributed by atoms with Gasteiger partial charge in [0.2, 0.25) is 0 Å². The highest BCUT2D eigenvalue weighted by atomic mass is 32.2. The van der Waals surface area contributed by atoms with Crippen molar-refractivity contribution in [3.05, 3.63) is 47.5 Å². The molecule has 0 radical (unpaired) electrons. The number of hydrogen-bond donors (Lipinski definition) is 1. The Kier molecular flexibility index (Phi) is 6.55. The third-order valence-electron chi connectivity index (χ3n) is 5.38. The molecule has 7 nitrogen and oxygen atoms in total. The smallest absolute Gasteiger partial charge is 0.262 e. The molecular weight excluding hydrogens is 404 g/mol. The van der Waals surface area contributed by atoms with E-state index >= 15 is 0 Å². The van der Waals surface area contributed by atoms with E-state index < -0.39 is 10.0 Å². The number of piperidine rings is 1. The van der Waals surface area contributed by atoms with Crippen molar-refractivity contribution in [3.8, 4) is 11.5 Å². The van der Waals surface area contributed by atoms with Crippen LogP contribution in [0.3, 0.4) is 0 Å². The molecule has 30 heavy (non-hydrogen) atoms. The number of likely N-dealkylation sites (tertiary alicyclic amines) is 1. The average molecular weight is 433 g/mol. The van der Waals surface area contributed by atoms with Gasteiger partial charge in [-0.05, 0) is 61.6 Å². The molecule has 0 saturated carbocycles. The van der Waals surface area contributed by atoms with Gasteiger partial charge < -0.3 is 14.4 Å². The third kappa shape index (κ3) is 4.70. The molecule has 2 aromatic rings. The molecule has 0 aromatic heterocycles. The Morgan fingerprint density at radius 2 is 1.67 bits per heavy atom. The van der Waals surface area contributed by atoms with E-state index in [1.54, 1.807) is 17.0 Å². The fourth-order valence-corrected chi connectivity index (χ4v) is 4.60. The molecule has 3 rings (SSSR count). The first-order valence-electron chi connectivity index (χ1n) is 9.90. The second-order valence-corrected chi connectivity index (χ2v) is 9.33. The topological polar surface area (TPSA) is 84.9 Å². The number of ether oxygens (including phenoxy) is 2. The Morgan fingerprint density at radius 1 is 1.03 bits per heavy atom. The number of carbonyl (C=O) groups is 1. The Labute approximate surface area is 178 Å². The molecule has 0 aliphatic carbocycles. The number of nitrogens with zero attached hydrogens (tertiary/aromatic N) is 1. The Balaban J connectivity index is 1.93. The van der Waals surface area contributed by atoms with E-state index in [0.717, 1.165) is 18.4 Å². The number of rotatable bonds is 6. The van der Waals surface area contributed by atoms with E-state index in [1.807, 2.05) is 13.0 Å². The van der Waals surface area contributed by atoms with Crippen LogP contribution < -0.4 is 14.2 Å². The van der Waals surface area contributed by atoms with Gasteiger partial charge in [-0.1, -0.05) is 13.0 Å². The van der Waals surface area contributed by atoms with Crippen LogP contribution in [-0.4, -0.2) is 46.5 Å². The van der Waals surface area contributed by atoms with Crippen molar-refractivity contribution < 1.29 is 22.7 Å². The summed E-state index contributed by atoms with van der Waals surface area (Å²) in [6.45, 7) is 5.33. The van der Waals surface area contributed by atoms with Gasteiger partial charge in [-0.2, -0.15) is 0 Å². The number of carbonyl (C=O) groups excluding carboxylic acids is 1. The van der Waals surface area contributed by atoms with E-state index in [9.17, 15) is 13.2 Å². The van der Waals surface area contributed by atoms with Crippen LogP contribution in [0.25, 0.3) is 0 Å². The molecule has 1 N–H and O–H groups in total. The van der Waals surface area contributed by atoms with Crippen LogP contribution in [0.4, 0.5) is 5.69 Å². The minimum Gasteiger partial charge on any atom is -0.496 e. The largest absolute Gasteiger partial charge is 0.496 e. The Hall–Kier alpha value is -2.74. The number of nitrogens with one attached hydrogen (secondary N) is 1. The van der Waals surface area contributed by atoms with Gasteiger partial charge in [-0.3, -0.25) is 9.52 Å². The molecule has 162 valence electrons. The average Bonchev–Trinajstić information content (AvgIpc) is 2.73. The maximum atomic E-state index is 13.1. The van der Waals surface area contributed by atoms with Crippen molar-refractivity contribution in [2.24, 2.45) is 5.92 Å². The zero-order valence-corrected chi connectivity index (χ0v) is 18.6. The summed E-state index contributed by atoms with van der Waals surface area (Å²) in [6, 6.07) is 9.55. The van der Waals surface area contributed by atoms with E-state index in [-0.39, 0.29) is 16.4 Å². The summed E-state index contributed by atoms with van der Waals surface area (Å²) in [5.41, 5.74) is 1.47. The number of amides is 1. The zero-order valence-electron chi connectivity index (χ0n) is 17.8. The quantitative estimate of drug-likeness (QED) is 0.753. The molecule has 2 aromatic carbocycles. The highest BCUT2D eigenvalue weighted by Gasteiger charge is 2.26. The number of anilines is 1. The fourth-order valence-electron chi connectivity index (χ4n) is 3.51. The van der Waals surface area contributed by atoms with Gasteiger partial charge >= 0.3 is 0 Å². The van der Waals surface area contributed by atoms with Crippen molar-refractivity contribution in [1.82, 2.24) is 4.90 Å². The normalized spacial score (nSPS) is 15.0. The van der Waals surface area contributed by atoms with Gasteiger partial charge in [-0.25, -0.2) is 8.42 Å². The lowest BCUT2D eigenvalue weighted by molar-refractivity contribution is 0.0693. The molecule has 0 unspecified atom stereocenters. The molecule has 1 aliphatic rings. The van der Waals surface area contributed by atoms with Gasteiger partial charge in [0, 0.05) is 13.1 Å².